The third-order valence-electron chi connectivity index (χ3n) is 4.44. The average molecular weight is 398 g/mol. The molecule has 1 aromatic rings. The van der Waals surface area contributed by atoms with E-state index in [9.17, 15) is 18.0 Å². The van der Waals surface area contributed by atoms with Crippen molar-refractivity contribution in [3.63, 3.8) is 0 Å². The molecule has 1 heterocycles. The summed E-state index contributed by atoms with van der Waals surface area (Å²) in [6.07, 6.45) is 1.03. The van der Waals surface area contributed by atoms with E-state index in [-0.39, 0.29) is 24.9 Å². The van der Waals surface area contributed by atoms with Crippen molar-refractivity contribution in [1.82, 2.24) is 9.21 Å². The van der Waals surface area contributed by atoms with Gasteiger partial charge in [-0.1, -0.05) is 37.3 Å². The van der Waals surface area contributed by atoms with Crippen LogP contribution < -0.4 is 0 Å². The Morgan fingerprint density at radius 3 is 2.59 bits per heavy atom. The molecule has 2 rings (SSSR count). The van der Waals surface area contributed by atoms with E-state index in [2.05, 4.69) is 0 Å². The van der Waals surface area contributed by atoms with Crippen LogP contribution in [0.2, 0.25) is 0 Å². The minimum absolute atomic E-state index is 0.0173. The maximum atomic E-state index is 12.8. The maximum Gasteiger partial charge on any atom is 0.318 e. The number of benzene rings is 1. The van der Waals surface area contributed by atoms with Crippen molar-refractivity contribution in [2.45, 2.75) is 19.4 Å². The molecule has 0 saturated carbocycles. The van der Waals surface area contributed by atoms with Crippen LogP contribution in [0.3, 0.4) is 0 Å². The fourth-order valence-electron chi connectivity index (χ4n) is 3.09. The zero-order valence-electron chi connectivity index (χ0n) is 15.6. The first-order chi connectivity index (χ1) is 12.7. The predicted molar refractivity (Wildman–Crippen MR) is 99.7 cm³/mol. The van der Waals surface area contributed by atoms with Gasteiger partial charge in [-0.25, -0.2) is 8.42 Å². The van der Waals surface area contributed by atoms with Gasteiger partial charge in [0.2, 0.25) is 15.9 Å². The van der Waals surface area contributed by atoms with E-state index < -0.39 is 28.6 Å². The van der Waals surface area contributed by atoms with Gasteiger partial charge in [0, 0.05) is 25.6 Å². The molecule has 2 atom stereocenters. The number of nitrogens with zero attached hydrogens (tertiary/aromatic N) is 2. The summed E-state index contributed by atoms with van der Waals surface area (Å²) in [6, 6.07) is 9.73. The molecule has 0 aromatic heterocycles. The minimum Gasteiger partial charge on any atom is -0.480 e. The number of carbonyl (C=O) groups excluding carboxylic acids is 1. The van der Waals surface area contributed by atoms with Crippen molar-refractivity contribution in [2.24, 2.45) is 5.92 Å². The molecule has 1 aromatic carbocycles. The van der Waals surface area contributed by atoms with Crippen LogP contribution in [-0.4, -0.2) is 79.8 Å². The summed E-state index contributed by atoms with van der Waals surface area (Å²) in [7, 11) is -3.69. The molecule has 150 valence electrons. The second kappa shape index (κ2) is 9.29. The molecular formula is C18H26N2O6S. The van der Waals surface area contributed by atoms with E-state index in [1.54, 1.807) is 4.90 Å². The Kier molecular flexibility index (Phi) is 7.34. The molecule has 0 spiro atoms. The summed E-state index contributed by atoms with van der Waals surface area (Å²) in [5.74, 6) is -1.46. The second-order valence-electron chi connectivity index (χ2n) is 6.82. The maximum absolute atomic E-state index is 12.8. The van der Waals surface area contributed by atoms with Gasteiger partial charge in [-0.15, -0.1) is 0 Å². The number of hydrogen-bond donors (Lipinski definition) is 1. The van der Waals surface area contributed by atoms with Gasteiger partial charge in [0.15, 0.2) is 0 Å². The highest BCUT2D eigenvalue weighted by molar-refractivity contribution is 7.88. The largest absolute Gasteiger partial charge is 0.480 e. The number of rotatable bonds is 8. The Morgan fingerprint density at radius 2 is 2.00 bits per heavy atom. The number of aliphatic carboxylic acids is 1. The van der Waals surface area contributed by atoms with Crippen molar-refractivity contribution in [3.8, 4) is 0 Å². The number of carboxylic acid groups (broad SMARTS) is 1. The van der Waals surface area contributed by atoms with Gasteiger partial charge in [-0.05, 0) is 12.0 Å². The Hall–Kier alpha value is -1.97. The number of morpholine rings is 1. The number of carbonyl (C=O) groups is 2. The van der Waals surface area contributed by atoms with Gasteiger partial charge in [0.25, 0.3) is 0 Å². The monoisotopic (exact) mass is 398 g/mol. The van der Waals surface area contributed by atoms with Crippen LogP contribution in [0.25, 0.3) is 0 Å². The first-order valence-electron chi connectivity index (χ1n) is 8.78. The zero-order valence-corrected chi connectivity index (χ0v) is 16.4. The van der Waals surface area contributed by atoms with Gasteiger partial charge in [-0.2, -0.15) is 4.31 Å². The second-order valence-corrected chi connectivity index (χ2v) is 8.80. The molecule has 0 bridgehead atoms. The lowest BCUT2D eigenvalue weighted by Gasteiger charge is -2.36. The van der Waals surface area contributed by atoms with Gasteiger partial charge >= 0.3 is 5.97 Å². The molecule has 1 saturated heterocycles. The summed E-state index contributed by atoms with van der Waals surface area (Å²) in [5, 5.41) is 8.92. The third kappa shape index (κ3) is 6.60. The first-order valence-corrected chi connectivity index (χ1v) is 10.6. The predicted octanol–water partition coefficient (Wildman–Crippen LogP) is 0.439. The topological polar surface area (TPSA) is 104 Å². The van der Waals surface area contributed by atoms with E-state index >= 15 is 0 Å². The van der Waals surface area contributed by atoms with Crippen LogP contribution in [0.5, 0.6) is 0 Å². The number of amides is 1. The summed E-state index contributed by atoms with van der Waals surface area (Å²) in [6.45, 7) is 2.11. The molecule has 9 heteroatoms. The Labute approximate surface area is 159 Å². The number of hydrogen-bond acceptors (Lipinski definition) is 5. The standard InChI is InChI=1S/C18H26N2O6S/c1-14(10-15-6-4-3-5-7-15)18(23)19-8-9-26-16(11-19)12-20(13-17(21)22)27(2,24)25/h3-7,14,16H,8-13H2,1-2H3,(H,21,22). The summed E-state index contributed by atoms with van der Waals surface area (Å²) in [5.41, 5.74) is 1.08. The highest BCUT2D eigenvalue weighted by Crippen LogP contribution is 2.15. The lowest BCUT2D eigenvalue weighted by atomic mass is 9.99. The zero-order chi connectivity index (χ0) is 20.0. The molecule has 1 N–H and O–H groups in total. The van der Waals surface area contributed by atoms with Crippen molar-refractivity contribution >= 4 is 21.9 Å². The smallest absolute Gasteiger partial charge is 0.318 e. The highest BCUT2D eigenvalue weighted by atomic mass is 32.2. The molecule has 2 unspecified atom stereocenters. The summed E-state index contributed by atoms with van der Waals surface area (Å²) < 4.78 is 30.0. The highest BCUT2D eigenvalue weighted by Gasteiger charge is 2.31. The number of sulfonamides is 1. The summed E-state index contributed by atoms with van der Waals surface area (Å²) >= 11 is 0. The van der Waals surface area contributed by atoms with Gasteiger partial charge < -0.3 is 14.7 Å². The fraction of sp³-hybridized carbons (Fsp3) is 0.556. The Balaban J connectivity index is 1.97. The Bertz CT molecular complexity index is 752. The SMILES string of the molecule is CC(Cc1ccccc1)C(=O)N1CCOC(CN(CC(=O)O)S(C)(=O)=O)C1. The molecular weight excluding hydrogens is 372 g/mol. The van der Waals surface area contributed by atoms with Crippen LogP contribution in [-0.2, 0) is 30.8 Å². The lowest BCUT2D eigenvalue weighted by Crippen LogP contribution is -2.52. The van der Waals surface area contributed by atoms with Crippen LogP contribution in [0.15, 0.2) is 30.3 Å². The van der Waals surface area contributed by atoms with Crippen LogP contribution in [0.1, 0.15) is 12.5 Å². The quantitative estimate of drug-likeness (QED) is 0.681. The van der Waals surface area contributed by atoms with Crippen molar-refractivity contribution in [2.75, 3.05) is 39.0 Å². The third-order valence-corrected chi connectivity index (χ3v) is 5.66. The average Bonchev–Trinajstić information content (AvgIpc) is 2.60. The number of ether oxygens (including phenoxy) is 1. The molecule has 1 aliphatic heterocycles. The molecule has 1 amide bonds. The summed E-state index contributed by atoms with van der Waals surface area (Å²) in [4.78, 5) is 25.3. The van der Waals surface area contributed by atoms with E-state index in [1.807, 2.05) is 37.3 Å². The van der Waals surface area contributed by atoms with Gasteiger partial charge in [-0.3, -0.25) is 9.59 Å². The van der Waals surface area contributed by atoms with Crippen LogP contribution in [0.4, 0.5) is 0 Å². The molecule has 0 radical (unpaired) electrons. The normalized spacial score (nSPS) is 19.1. The van der Waals surface area contributed by atoms with Crippen molar-refractivity contribution in [3.05, 3.63) is 35.9 Å². The first kappa shape index (κ1) is 21.3. The molecule has 27 heavy (non-hydrogen) atoms. The van der Waals surface area contributed by atoms with E-state index in [0.29, 0.717) is 19.6 Å². The van der Waals surface area contributed by atoms with E-state index in [4.69, 9.17) is 9.84 Å². The number of carboxylic acids is 1. The van der Waals surface area contributed by atoms with E-state index in [0.717, 1.165) is 16.1 Å². The fourth-order valence-corrected chi connectivity index (χ4v) is 3.87. The van der Waals surface area contributed by atoms with Crippen LogP contribution in [0, 0.1) is 5.92 Å². The minimum atomic E-state index is -3.69. The molecule has 0 aliphatic carbocycles. The van der Waals surface area contributed by atoms with Gasteiger partial charge in [0.05, 0.1) is 19.0 Å². The Morgan fingerprint density at radius 1 is 1.33 bits per heavy atom. The molecule has 8 nitrogen and oxygen atoms in total. The van der Waals surface area contributed by atoms with Crippen molar-refractivity contribution in [1.29, 1.82) is 0 Å². The lowest BCUT2D eigenvalue weighted by molar-refractivity contribution is -0.144. The molecule has 1 fully saturated rings. The van der Waals surface area contributed by atoms with Crippen LogP contribution >= 0.6 is 0 Å². The van der Waals surface area contributed by atoms with Crippen molar-refractivity contribution < 1.29 is 27.9 Å². The molecule has 1 aliphatic rings. The van der Waals surface area contributed by atoms with E-state index in [1.165, 1.54) is 0 Å². The van der Waals surface area contributed by atoms with Gasteiger partial charge in [0.1, 0.15) is 6.54 Å².